The molecule has 2 aromatic carbocycles. The van der Waals surface area contributed by atoms with Crippen LogP contribution >= 0.6 is 0 Å². The molecular formula is C27H32N2O5. The van der Waals surface area contributed by atoms with Crippen molar-refractivity contribution in [3.05, 3.63) is 59.7 Å². The van der Waals surface area contributed by atoms with Gasteiger partial charge in [0.2, 0.25) is 5.91 Å². The van der Waals surface area contributed by atoms with Crippen LogP contribution in [0.3, 0.4) is 0 Å². The molecule has 1 aliphatic carbocycles. The van der Waals surface area contributed by atoms with E-state index >= 15 is 0 Å². The average molecular weight is 465 g/mol. The van der Waals surface area contributed by atoms with Gasteiger partial charge in [-0.1, -0.05) is 55.5 Å². The Balaban J connectivity index is 1.36. The number of alkyl carbamates (subject to hydrolysis) is 1. The second-order valence-electron chi connectivity index (χ2n) is 9.34. The van der Waals surface area contributed by atoms with Crippen molar-refractivity contribution in [2.24, 2.45) is 5.92 Å². The number of nitrogens with one attached hydrogen (secondary N) is 1. The Labute approximate surface area is 200 Å². The molecule has 0 radical (unpaired) electrons. The first-order valence-corrected chi connectivity index (χ1v) is 12.0. The minimum atomic E-state index is -1.20. The molecule has 0 saturated carbocycles. The van der Waals surface area contributed by atoms with Crippen molar-refractivity contribution in [3.8, 4) is 11.1 Å². The molecule has 2 N–H and O–H groups in total. The molecule has 0 bridgehead atoms. The topological polar surface area (TPSA) is 95.9 Å². The molecule has 7 nitrogen and oxygen atoms in total. The summed E-state index contributed by atoms with van der Waals surface area (Å²) in [7, 11) is 0. The van der Waals surface area contributed by atoms with E-state index in [0.717, 1.165) is 35.1 Å². The maximum atomic E-state index is 13.2. The standard InChI is InChI=1S/C27H32N2O5/c1-3-18(24(30)29-15-9-8-14-27(29,2)25(31)32)16-28-26(33)34-17-23-21-12-6-4-10-19(21)20-11-5-7-13-22(20)23/h4-7,10-13,18,23H,3,8-9,14-17H2,1-2H3,(H,28,33)(H,31,32). The maximum absolute atomic E-state index is 13.2. The van der Waals surface area contributed by atoms with E-state index in [1.54, 1.807) is 6.92 Å². The predicted octanol–water partition coefficient (Wildman–Crippen LogP) is 4.41. The van der Waals surface area contributed by atoms with Crippen molar-refractivity contribution in [1.29, 1.82) is 0 Å². The molecule has 1 aliphatic heterocycles. The van der Waals surface area contributed by atoms with Crippen LogP contribution in [0.4, 0.5) is 4.79 Å². The highest BCUT2D eigenvalue weighted by Crippen LogP contribution is 2.44. The Morgan fingerprint density at radius 2 is 1.71 bits per heavy atom. The minimum Gasteiger partial charge on any atom is -0.480 e. The Kier molecular flexibility index (Phi) is 6.91. The number of carbonyl (C=O) groups excluding carboxylic acids is 2. The van der Waals surface area contributed by atoms with Gasteiger partial charge in [0.15, 0.2) is 0 Å². The van der Waals surface area contributed by atoms with Gasteiger partial charge in [0, 0.05) is 19.0 Å². The molecule has 1 fully saturated rings. The van der Waals surface area contributed by atoms with E-state index < -0.39 is 23.5 Å². The molecule has 2 atom stereocenters. The number of piperidine rings is 1. The number of carbonyl (C=O) groups is 3. The molecule has 1 saturated heterocycles. The lowest BCUT2D eigenvalue weighted by molar-refractivity contribution is -0.162. The van der Waals surface area contributed by atoms with Crippen LogP contribution in [-0.4, -0.2) is 53.2 Å². The summed E-state index contributed by atoms with van der Waals surface area (Å²) in [6.45, 7) is 4.21. The van der Waals surface area contributed by atoms with Gasteiger partial charge in [0.05, 0.1) is 5.92 Å². The monoisotopic (exact) mass is 464 g/mol. The van der Waals surface area contributed by atoms with Crippen molar-refractivity contribution < 1.29 is 24.2 Å². The minimum absolute atomic E-state index is 0.0358. The second-order valence-corrected chi connectivity index (χ2v) is 9.34. The molecule has 7 heteroatoms. The molecule has 4 rings (SSSR count). The third-order valence-corrected chi connectivity index (χ3v) is 7.30. The number of aliphatic carboxylic acids is 1. The number of hydrogen-bond donors (Lipinski definition) is 2. The quantitative estimate of drug-likeness (QED) is 0.633. The van der Waals surface area contributed by atoms with E-state index in [1.165, 1.54) is 4.90 Å². The summed E-state index contributed by atoms with van der Waals surface area (Å²) >= 11 is 0. The van der Waals surface area contributed by atoms with Crippen LogP contribution in [0.15, 0.2) is 48.5 Å². The van der Waals surface area contributed by atoms with E-state index in [4.69, 9.17) is 4.74 Å². The van der Waals surface area contributed by atoms with Crippen LogP contribution in [0.2, 0.25) is 0 Å². The number of benzene rings is 2. The van der Waals surface area contributed by atoms with Crippen LogP contribution < -0.4 is 5.32 Å². The zero-order valence-corrected chi connectivity index (χ0v) is 19.8. The van der Waals surface area contributed by atoms with Gasteiger partial charge in [-0.15, -0.1) is 0 Å². The highest BCUT2D eigenvalue weighted by atomic mass is 16.5. The number of hydrogen-bond acceptors (Lipinski definition) is 4. The molecule has 2 amide bonds. The summed E-state index contributed by atoms with van der Waals surface area (Å²) in [5.74, 6) is -1.76. The summed E-state index contributed by atoms with van der Waals surface area (Å²) < 4.78 is 5.57. The Morgan fingerprint density at radius 3 is 2.29 bits per heavy atom. The molecule has 0 spiro atoms. The number of carboxylic acid groups (broad SMARTS) is 1. The third kappa shape index (κ3) is 4.39. The van der Waals surface area contributed by atoms with Crippen molar-refractivity contribution in [2.75, 3.05) is 19.7 Å². The van der Waals surface area contributed by atoms with Crippen LogP contribution in [0.5, 0.6) is 0 Å². The van der Waals surface area contributed by atoms with Crippen molar-refractivity contribution in [1.82, 2.24) is 10.2 Å². The molecule has 2 aliphatic rings. The zero-order chi connectivity index (χ0) is 24.3. The van der Waals surface area contributed by atoms with Gasteiger partial charge in [0.1, 0.15) is 12.1 Å². The fraction of sp³-hybridized carbons (Fsp3) is 0.444. The second kappa shape index (κ2) is 9.87. The van der Waals surface area contributed by atoms with Crippen LogP contribution in [0.25, 0.3) is 11.1 Å². The third-order valence-electron chi connectivity index (χ3n) is 7.30. The van der Waals surface area contributed by atoms with Crippen LogP contribution in [0, 0.1) is 5.92 Å². The van der Waals surface area contributed by atoms with E-state index in [0.29, 0.717) is 19.4 Å². The van der Waals surface area contributed by atoms with E-state index in [-0.39, 0.29) is 25.0 Å². The molecule has 1 heterocycles. The van der Waals surface area contributed by atoms with E-state index in [2.05, 4.69) is 29.6 Å². The fourth-order valence-corrected chi connectivity index (χ4v) is 5.18. The molecule has 180 valence electrons. The molecule has 0 aromatic heterocycles. The highest BCUT2D eigenvalue weighted by Gasteiger charge is 2.45. The summed E-state index contributed by atoms with van der Waals surface area (Å²) in [5.41, 5.74) is 3.39. The number of ether oxygens (including phenoxy) is 1. The molecular weight excluding hydrogens is 432 g/mol. The summed E-state index contributed by atoms with van der Waals surface area (Å²) in [6.07, 6.45) is 1.92. The first kappa shape index (κ1) is 23.8. The molecule has 2 aromatic rings. The highest BCUT2D eigenvalue weighted by molar-refractivity contribution is 5.88. The van der Waals surface area contributed by atoms with E-state index in [1.807, 2.05) is 31.2 Å². The van der Waals surface area contributed by atoms with E-state index in [9.17, 15) is 19.5 Å². The maximum Gasteiger partial charge on any atom is 0.407 e. The Hall–Kier alpha value is -3.35. The van der Waals surface area contributed by atoms with Crippen molar-refractivity contribution in [3.63, 3.8) is 0 Å². The van der Waals surface area contributed by atoms with Gasteiger partial charge in [0.25, 0.3) is 0 Å². The van der Waals surface area contributed by atoms with Crippen molar-refractivity contribution >= 4 is 18.0 Å². The summed E-state index contributed by atoms with van der Waals surface area (Å²) in [4.78, 5) is 39.0. The van der Waals surface area contributed by atoms with Gasteiger partial charge in [-0.3, -0.25) is 4.79 Å². The van der Waals surface area contributed by atoms with Crippen molar-refractivity contribution in [2.45, 2.75) is 51.0 Å². The summed E-state index contributed by atoms with van der Waals surface area (Å²) in [5, 5.41) is 12.4. The average Bonchev–Trinajstić information content (AvgIpc) is 3.17. The SMILES string of the molecule is CCC(CNC(=O)OCC1c2ccccc2-c2ccccc21)C(=O)N1CCCCC1(C)C(=O)O. The smallest absolute Gasteiger partial charge is 0.407 e. The number of likely N-dealkylation sites (tertiary alicyclic amines) is 1. The largest absolute Gasteiger partial charge is 0.480 e. The van der Waals surface area contributed by atoms with Gasteiger partial charge >= 0.3 is 12.1 Å². The van der Waals surface area contributed by atoms with Gasteiger partial charge < -0.3 is 20.1 Å². The Morgan fingerprint density at radius 1 is 1.09 bits per heavy atom. The lowest BCUT2D eigenvalue weighted by atomic mass is 9.87. The Bertz CT molecular complexity index is 1040. The first-order chi connectivity index (χ1) is 16.4. The number of amides is 2. The van der Waals surface area contributed by atoms with Gasteiger partial charge in [-0.05, 0) is 54.9 Å². The number of rotatable bonds is 7. The lowest BCUT2D eigenvalue weighted by Crippen LogP contribution is -2.59. The van der Waals surface area contributed by atoms with Gasteiger partial charge in [-0.2, -0.15) is 0 Å². The van der Waals surface area contributed by atoms with Crippen LogP contribution in [0.1, 0.15) is 56.6 Å². The predicted molar refractivity (Wildman–Crippen MR) is 128 cm³/mol. The van der Waals surface area contributed by atoms with Crippen LogP contribution in [-0.2, 0) is 14.3 Å². The fourth-order valence-electron chi connectivity index (χ4n) is 5.18. The summed E-state index contributed by atoms with van der Waals surface area (Å²) in [6, 6.07) is 16.3. The number of nitrogens with zero attached hydrogens (tertiary/aromatic N) is 1. The molecule has 2 unspecified atom stereocenters. The normalized spacial score (nSPS) is 20.2. The lowest BCUT2D eigenvalue weighted by Gasteiger charge is -2.43. The number of carboxylic acids is 1. The molecule has 34 heavy (non-hydrogen) atoms. The number of fused-ring (bicyclic) bond motifs is 3. The van der Waals surface area contributed by atoms with Gasteiger partial charge in [-0.25, -0.2) is 9.59 Å². The zero-order valence-electron chi connectivity index (χ0n) is 19.8. The first-order valence-electron chi connectivity index (χ1n) is 12.0.